The van der Waals surface area contributed by atoms with Gasteiger partial charge in [0.2, 0.25) is 0 Å². The summed E-state index contributed by atoms with van der Waals surface area (Å²) in [5, 5.41) is 22.9. The lowest BCUT2D eigenvalue weighted by molar-refractivity contribution is 0.0818. The lowest BCUT2D eigenvalue weighted by Gasteiger charge is -2.20. The van der Waals surface area contributed by atoms with Gasteiger partial charge in [0.25, 0.3) is 0 Å². The Kier molecular flexibility index (Phi) is 2.00. The van der Waals surface area contributed by atoms with Crippen LogP contribution in [0.25, 0.3) is 5.70 Å². The molecule has 4 heteroatoms. The third kappa shape index (κ3) is 1.41. The first-order valence-corrected chi connectivity index (χ1v) is 4.03. The number of hydrogen-bond acceptors (Lipinski definition) is 3. The maximum atomic E-state index is 9.58. The monoisotopic (exact) mass is 178 g/mol. The average Bonchev–Trinajstić information content (AvgIpc) is 2.62. The predicted molar refractivity (Wildman–Crippen MR) is 47.7 cm³/mol. The number of nitrogens with zero attached hydrogens (tertiary/aromatic N) is 2. The van der Waals surface area contributed by atoms with Gasteiger partial charge in [-0.25, -0.2) is 4.68 Å². The van der Waals surface area contributed by atoms with Crippen molar-refractivity contribution in [2.45, 2.75) is 12.2 Å². The molecule has 0 saturated heterocycles. The quantitative estimate of drug-likeness (QED) is 0.637. The van der Waals surface area contributed by atoms with E-state index in [0.29, 0.717) is 5.70 Å². The zero-order valence-electron chi connectivity index (χ0n) is 6.91. The van der Waals surface area contributed by atoms with Gasteiger partial charge in [0, 0.05) is 12.4 Å². The van der Waals surface area contributed by atoms with E-state index >= 15 is 0 Å². The van der Waals surface area contributed by atoms with Crippen molar-refractivity contribution in [2.75, 3.05) is 0 Å². The minimum Gasteiger partial charge on any atom is -0.386 e. The van der Waals surface area contributed by atoms with E-state index in [0.717, 1.165) is 0 Å². The molecule has 0 amide bonds. The molecule has 1 aromatic rings. The van der Waals surface area contributed by atoms with Crippen molar-refractivity contribution >= 4 is 5.70 Å². The summed E-state index contributed by atoms with van der Waals surface area (Å²) in [4.78, 5) is 0. The number of hydrogen-bond donors (Lipinski definition) is 2. The molecule has 0 aliphatic heterocycles. The molecule has 0 aromatic carbocycles. The van der Waals surface area contributed by atoms with E-state index < -0.39 is 12.2 Å². The minimum absolute atomic E-state index is 0.583. The molecule has 0 fully saturated rings. The fourth-order valence-corrected chi connectivity index (χ4v) is 1.28. The molecular formula is C9H10N2O2. The maximum absolute atomic E-state index is 9.58. The third-order valence-corrected chi connectivity index (χ3v) is 1.97. The fraction of sp³-hybridized carbons (Fsp3) is 0.222. The van der Waals surface area contributed by atoms with Crippen LogP contribution >= 0.6 is 0 Å². The summed E-state index contributed by atoms with van der Waals surface area (Å²) in [6, 6.07) is 1.76. The van der Waals surface area contributed by atoms with Crippen molar-refractivity contribution in [1.82, 2.24) is 9.78 Å². The van der Waals surface area contributed by atoms with Crippen molar-refractivity contribution in [3.05, 3.63) is 36.7 Å². The molecule has 2 atom stereocenters. The SMILES string of the molecule is O[C@@H]1C(n2cccn2)=CC=C[C@@H]1O. The Balaban J connectivity index is 2.34. The standard InChI is InChI=1S/C9H10N2O2/c12-8-4-1-3-7(9(8)13)11-6-2-5-10-11/h1-6,8-9,12-13H/t8-,9+/m0/s1. The van der Waals surface area contributed by atoms with Crippen LogP contribution < -0.4 is 0 Å². The minimum atomic E-state index is -0.898. The first-order valence-electron chi connectivity index (χ1n) is 4.03. The lowest BCUT2D eigenvalue weighted by Crippen LogP contribution is -2.29. The highest BCUT2D eigenvalue weighted by molar-refractivity contribution is 5.55. The van der Waals surface area contributed by atoms with E-state index in [-0.39, 0.29) is 0 Å². The summed E-state index contributed by atoms with van der Waals surface area (Å²) in [6.07, 6.45) is 6.57. The van der Waals surface area contributed by atoms with Gasteiger partial charge in [0.15, 0.2) is 0 Å². The molecule has 2 N–H and O–H groups in total. The van der Waals surface area contributed by atoms with Crippen LogP contribution in [0.5, 0.6) is 0 Å². The van der Waals surface area contributed by atoms with Gasteiger partial charge in [-0.15, -0.1) is 0 Å². The van der Waals surface area contributed by atoms with Gasteiger partial charge in [-0.2, -0.15) is 5.10 Å². The highest BCUT2D eigenvalue weighted by atomic mass is 16.3. The zero-order chi connectivity index (χ0) is 9.26. The molecule has 1 aromatic heterocycles. The number of aliphatic hydroxyl groups is 2. The summed E-state index contributed by atoms with van der Waals surface area (Å²) in [5.41, 5.74) is 0.583. The average molecular weight is 178 g/mol. The van der Waals surface area contributed by atoms with Crippen molar-refractivity contribution in [1.29, 1.82) is 0 Å². The Labute approximate surface area is 75.4 Å². The second-order valence-corrected chi connectivity index (χ2v) is 2.86. The van der Waals surface area contributed by atoms with Gasteiger partial charge in [0.1, 0.15) is 12.2 Å². The summed E-state index contributed by atoms with van der Waals surface area (Å²) in [6.45, 7) is 0. The second kappa shape index (κ2) is 3.16. The molecule has 0 saturated carbocycles. The third-order valence-electron chi connectivity index (χ3n) is 1.97. The Bertz CT molecular complexity index is 341. The van der Waals surface area contributed by atoms with Gasteiger partial charge >= 0.3 is 0 Å². The fourth-order valence-electron chi connectivity index (χ4n) is 1.28. The highest BCUT2D eigenvalue weighted by Gasteiger charge is 2.21. The van der Waals surface area contributed by atoms with Crippen LogP contribution in [0.2, 0.25) is 0 Å². The first-order chi connectivity index (χ1) is 6.29. The molecule has 13 heavy (non-hydrogen) atoms. The van der Waals surface area contributed by atoms with Crippen LogP contribution in [-0.2, 0) is 0 Å². The van der Waals surface area contributed by atoms with Crippen LogP contribution in [-0.4, -0.2) is 32.2 Å². The van der Waals surface area contributed by atoms with Crippen LogP contribution in [0.4, 0.5) is 0 Å². The number of aliphatic hydroxyl groups excluding tert-OH is 2. The first kappa shape index (κ1) is 8.22. The zero-order valence-corrected chi connectivity index (χ0v) is 6.91. The Morgan fingerprint density at radius 2 is 2.23 bits per heavy atom. The van der Waals surface area contributed by atoms with Crippen molar-refractivity contribution in [2.24, 2.45) is 0 Å². The van der Waals surface area contributed by atoms with E-state index in [4.69, 9.17) is 0 Å². The largest absolute Gasteiger partial charge is 0.386 e. The van der Waals surface area contributed by atoms with Crippen LogP contribution in [0.1, 0.15) is 0 Å². The van der Waals surface area contributed by atoms with Crippen molar-refractivity contribution in [3.63, 3.8) is 0 Å². The Morgan fingerprint density at radius 1 is 1.38 bits per heavy atom. The van der Waals surface area contributed by atoms with Gasteiger partial charge in [-0.1, -0.05) is 12.2 Å². The molecule has 1 heterocycles. The number of aromatic nitrogens is 2. The van der Waals surface area contributed by atoms with E-state index in [1.165, 1.54) is 10.8 Å². The molecule has 68 valence electrons. The Hall–Kier alpha value is -1.39. The molecule has 0 bridgehead atoms. The number of rotatable bonds is 1. The molecule has 2 rings (SSSR count). The topological polar surface area (TPSA) is 58.3 Å². The molecule has 0 spiro atoms. The summed E-state index contributed by atoms with van der Waals surface area (Å²) < 4.78 is 1.54. The second-order valence-electron chi connectivity index (χ2n) is 2.86. The molecule has 1 aliphatic carbocycles. The number of allylic oxidation sites excluding steroid dienone is 2. The molecule has 4 nitrogen and oxygen atoms in total. The van der Waals surface area contributed by atoms with Gasteiger partial charge < -0.3 is 10.2 Å². The van der Waals surface area contributed by atoms with Crippen LogP contribution in [0.3, 0.4) is 0 Å². The van der Waals surface area contributed by atoms with E-state index in [1.54, 1.807) is 30.6 Å². The molecule has 1 aliphatic rings. The lowest BCUT2D eigenvalue weighted by atomic mass is 10.1. The van der Waals surface area contributed by atoms with Crippen molar-refractivity contribution in [3.8, 4) is 0 Å². The molecule has 0 radical (unpaired) electrons. The highest BCUT2D eigenvalue weighted by Crippen LogP contribution is 2.17. The van der Waals surface area contributed by atoms with E-state index in [9.17, 15) is 10.2 Å². The van der Waals surface area contributed by atoms with Crippen LogP contribution in [0.15, 0.2) is 36.7 Å². The smallest absolute Gasteiger partial charge is 0.125 e. The predicted octanol–water partition coefficient (Wildman–Crippen LogP) is 0.0156. The summed E-state index contributed by atoms with van der Waals surface area (Å²) >= 11 is 0. The van der Waals surface area contributed by atoms with E-state index in [2.05, 4.69) is 5.10 Å². The molecule has 0 unspecified atom stereocenters. The van der Waals surface area contributed by atoms with Crippen molar-refractivity contribution < 1.29 is 10.2 Å². The summed E-state index contributed by atoms with van der Waals surface area (Å²) in [7, 11) is 0. The van der Waals surface area contributed by atoms with Crippen LogP contribution in [0, 0.1) is 0 Å². The molecular weight excluding hydrogens is 168 g/mol. The Morgan fingerprint density at radius 3 is 2.92 bits per heavy atom. The van der Waals surface area contributed by atoms with E-state index in [1.807, 2.05) is 0 Å². The van der Waals surface area contributed by atoms with Gasteiger partial charge in [-0.3, -0.25) is 0 Å². The van der Waals surface area contributed by atoms with Gasteiger partial charge in [-0.05, 0) is 12.1 Å². The summed E-state index contributed by atoms with van der Waals surface area (Å²) in [5.74, 6) is 0. The van der Waals surface area contributed by atoms with Gasteiger partial charge in [0.05, 0.1) is 5.70 Å². The normalized spacial score (nSPS) is 27.4. The maximum Gasteiger partial charge on any atom is 0.125 e.